The van der Waals surface area contributed by atoms with Gasteiger partial charge >= 0.3 is 0 Å². The molecule has 0 rings (SSSR count). The molecule has 0 fully saturated rings. The van der Waals surface area contributed by atoms with Crippen LogP contribution in [0, 0.1) is 0 Å². The largest absolute Gasteiger partial charge is 0.396 e. The van der Waals surface area contributed by atoms with Gasteiger partial charge in [-0.25, -0.2) is 0 Å². The van der Waals surface area contributed by atoms with Gasteiger partial charge in [0.1, 0.15) is 0 Å². The van der Waals surface area contributed by atoms with Gasteiger partial charge in [-0.1, -0.05) is 24.3 Å². The molecule has 2 nitrogen and oxygen atoms in total. The van der Waals surface area contributed by atoms with E-state index >= 15 is 0 Å². The molecule has 58 valence electrons. The highest BCUT2D eigenvalue weighted by Crippen LogP contribution is 1.88. The van der Waals surface area contributed by atoms with E-state index in [2.05, 4.69) is 0 Å². The minimum Gasteiger partial charge on any atom is -0.396 e. The fourth-order valence-corrected chi connectivity index (χ4v) is 0.523. The third-order valence-corrected chi connectivity index (χ3v) is 1.02. The molecule has 0 bridgehead atoms. The molecule has 0 atom stereocenters. The molecule has 0 radical (unpaired) electrons. The Labute approximate surface area is 61.5 Å². The molecular weight excluding hydrogens is 128 g/mol. The van der Waals surface area contributed by atoms with Gasteiger partial charge in [-0.15, -0.1) is 0 Å². The Morgan fingerprint density at radius 1 is 1.00 bits per heavy atom. The van der Waals surface area contributed by atoms with Gasteiger partial charge in [0.15, 0.2) is 0 Å². The Morgan fingerprint density at radius 3 is 2.30 bits per heavy atom. The first-order valence-corrected chi connectivity index (χ1v) is 3.45. The lowest BCUT2D eigenvalue weighted by molar-refractivity contribution is 0.289. The first-order valence-electron chi connectivity index (χ1n) is 3.45. The summed E-state index contributed by atoms with van der Waals surface area (Å²) in [6.45, 7) is 0.332. The second-order valence-corrected chi connectivity index (χ2v) is 1.90. The molecule has 0 aliphatic carbocycles. The molecule has 0 amide bonds. The second kappa shape index (κ2) is 8.40. The molecule has 2 N–H and O–H groups in total. The fraction of sp³-hybridized carbons (Fsp3) is 0.500. The lowest BCUT2D eigenvalue weighted by atomic mass is 10.3. The molecule has 2 heteroatoms. The molecule has 0 spiro atoms. The highest BCUT2D eigenvalue weighted by atomic mass is 16.3. The van der Waals surface area contributed by atoms with Crippen LogP contribution in [-0.4, -0.2) is 23.4 Å². The summed E-state index contributed by atoms with van der Waals surface area (Å²) in [5.41, 5.74) is 0. The Balaban J connectivity index is 3.11. The van der Waals surface area contributed by atoms with Crippen molar-refractivity contribution in [3.8, 4) is 0 Å². The predicted octanol–water partition coefficient (Wildman–Crippen LogP) is 0.864. The van der Waals surface area contributed by atoms with Crippen molar-refractivity contribution in [1.82, 2.24) is 0 Å². The third kappa shape index (κ3) is 7.40. The van der Waals surface area contributed by atoms with Gasteiger partial charge in [0, 0.05) is 6.61 Å². The van der Waals surface area contributed by atoms with Crippen LogP contribution >= 0.6 is 0 Å². The average molecular weight is 142 g/mol. The van der Waals surface area contributed by atoms with Crippen molar-refractivity contribution in [1.29, 1.82) is 0 Å². The van der Waals surface area contributed by atoms with Gasteiger partial charge in [0.2, 0.25) is 0 Å². The van der Waals surface area contributed by atoms with E-state index < -0.39 is 0 Å². The smallest absolute Gasteiger partial charge is 0.0615 e. The topological polar surface area (TPSA) is 40.5 Å². The molecular formula is C8H14O2. The van der Waals surface area contributed by atoms with Crippen LogP contribution in [0.4, 0.5) is 0 Å². The summed E-state index contributed by atoms with van der Waals surface area (Å²) in [6, 6.07) is 0. The predicted molar refractivity (Wildman–Crippen MR) is 41.7 cm³/mol. The van der Waals surface area contributed by atoms with Crippen molar-refractivity contribution < 1.29 is 10.2 Å². The van der Waals surface area contributed by atoms with Crippen LogP contribution in [-0.2, 0) is 0 Å². The zero-order chi connectivity index (χ0) is 7.66. The van der Waals surface area contributed by atoms with E-state index in [0.717, 1.165) is 12.8 Å². The van der Waals surface area contributed by atoms with E-state index in [0.29, 0.717) is 0 Å². The normalized spacial score (nSPS) is 11.8. The molecule has 0 saturated carbocycles. The Bertz CT molecular complexity index is 106. The maximum atomic E-state index is 8.38. The summed E-state index contributed by atoms with van der Waals surface area (Å²) >= 11 is 0. The van der Waals surface area contributed by atoms with Crippen molar-refractivity contribution in [2.45, 2.75) is 12.8 Å². The van der Waals surface area contributed by atoms with Gasteiger partial charge in [0.05, 0.1) is 6.61 Å². The Kier molecular flexibility index (Phi) is 7.90. The number of aliphatic hydroxyl groups is 2. The maximum absolute atomic E-state index is 8.38. The van der Waals surface area contributed by atoms with Crippen molar-refractivity contribution in [2.75, 3.05) is 13.2 Å². The maximum Gasteiger partial charge on any atom is 0.0615 e. The minimum atomic E-state index is 0.0876. The molecule has 0 aromatic carbocycles. The summed E-state index contributed by atoms with van der Waals surface area (Å²) in [5, 5.41) is 16.7. The Morgan fingerprint density at radius 2 is 1.70 bits per heavy atom. The number of aliphatic hydroxyl groups excluding tert-OH is 2. The molecule has 10 heavy (non-hydrogen) atoms. The lowest BCUT2D eigenvalue weighted by Crippen LogP contribution is -1.77. The third-order valence-electron chi connectivity index (χ3n) is 1.02. The van der Waals surface area contributed by atoms with Crippen LogP contribution in [0.3, 0.4) is 0 Å². The van der Waals surface area contributed by atoms with Crippen molar-refractivity contribution >= 4 is 0 Å². The van der Waals surface area contributed by atoms with E-state index in [1.807, 2.05) is 12.2 Å². The van der Waals surface area contributed by atoms with E-state index in [1.165, 1.54) is 0 Å². The number of allylic oxidation sites excluding steroid dienone is 3. The molecule has 0 saturated heterocycles. The zero-order valence-corrected chi connectivity index (χ0v) is 6.03. The SMILES string of the molecule is OC/C=C/C=C/CCCO. The fourth-order valence-electron chi connectivity index (χ4n) is 0.523. The van der Waals surface area contributed by atoms with Crippen molar-refractivity contribution in [3.63, 3.8) is 0 Å². The first-order chi connectivity index (χ1) is 4.91. The Hall–Kier alpha value is -0.600. The number of rotatable bonds is 5. The molecule has 0 heterocycles. The van der Waals surface area contributed by atoms with Crippen molar-refractivity contribution in [3.05, 3.63) is 24.3 Å². The van der Waals surface area contributed by atoms with Crippen LogP contribution in [0.5, 0.6) is 0 Å². The second-order valence-electron chi connectivity index (χ2n) is 1.90. The monoisotopic (exact) mass is 142 g/mol. The van der Waals surface area contributed by atoms with E-state index in [1.54, 1.807) is 12.2 Å². The van der Waals surface area contributed by atoms with E-state index in [4.69, 9.17) is 10.2 Å². The van der Waals surface area contributed by atoms with Crippen LogP contribution in [0.2, 0.25) is 0 Å². The molecule has 0 aromatic rings. The van der Waals surface area contributed by atoms with Gasteiger partial charge in [-0.2, -0.15) is 0 Å². The lowest BCUT2D eigenvalue weighted by Gasteiger charge is -1.84. The summed E-state index contributed by atoms with van der Waals surface area (Å²) in [5.74, 6) is 0. The molecule has 0 aliphatic rings. The van der Waals surface area contributed by atoms with Gasteiger partial charge in [-0.05, 0) is 12.8 Å². The van der Waals surface area contributed by atoms with Crippen LogP contribution in [0.15, 0.2) is 24.3 Å². The van der Waals surface area contributed by atoms with Crippen molar-refractivity contribution in [2.24, 2.45) is 0 Å². The summed E-state index contributed by atoms with van der Waals surface area (Å²) in [6.07, 6.45) is 8.98. The van der Waals surface area contributed by atoms with Gasteiger partial charge in [-0.3, -0.25) is 0 Å². The van der Waals surface area contributed by atoms with E-state index in [9.17, 15) is 0 Å². The summed E-state index contributed by atoms with van der Waals surface area (Å²) in [7, 11) is 0. The minimum absolute atomic E-state index is 0.0876. The van der Waals surface area contributed by atoms with Gasteiger partial charge < -0.3 is 10.2 Å². The summed E-state index contributed by atoms with van der Waals surface area (Å²) in [4.78, 5) is 0. The number of hydrogen-bond donors (Lipinski definition) is 2. The van der Waals surface area contributed by atoms with Crippen LogP contribution in [0.1, 0.15) is 12.8 Å². The summed E-state index contributed by atoms with van der Waals surface area (Å²) < 4.78 is 0. The quantitative estimate of drug-likeness (QED) is 0.441. The molecule has 0 aromatic heterocycles. The molecule has 0 aliphatic heterocycles. The number of unbranched alkanes of at least 4 members (excludes halogenated alkanes) is 1. The highest BCUT2D eigenvalue weighted by molar-refractivity contribution is 5.01. The van der Waals surface area contributed by atoms with E-state index in [-0.39, 0.29) is 13.2 Å². The zero-order valence-electron chi connectivity index (χ0n) is 6.03. The standard InChI is InChI=1S/C8H14O2/c9-7-5-3-1-2-4-6-8-10/h1-3,5,9-10H,4,6-8H2/b2-1+,5-3+. The number of hydrogen-bond acceptors (Lipinski definition) is 2. The van der Waals surface area contributed by atoms with Crippen LogP contribution < -0.4 is 0 Å². The first kappa shape index (κ1) is 9.40. The molecule has 0 unspecified atom stereocenters. The average Bonchev–Trinajstić information content (AvgIpc) is 1.97. The highest BCUT2D eigenvalue weighted by Gasteiger charge is 1.75. The van der Waals surface area contributed by atoms with Gasteiger partial charge in [0.25, 0.3) is 0 Å². The van der Waals surface area contributed by atoms with Crippen LogP contribution in [0.25, 0.3) is 0 Å².